The Morgan fingerprint density at radius 2 is 2.22 bits per heavy atom. The number of anilines is 1. The van der Waals surface area contributed by atoms with Gasteiger partial charge in [0.2, 0.25) is 0 Å². The van der Waals surface area contributed by atoms with Crippen molar-refractivity contribution in [1.82, 2.24) is 9.97 Å². The highest BCUT2D eigenvalue weighted by Crippen LogP contribution is 2.46. The van der Waals surface area contributed by atoms with Crippen LogP contribution < -0.4 is 4.90 Å². The molecule has 1 saturated heterocycles. The fourth-order valence-electron chi connectivity index (χ4n) is 3.24. The lowest BCUT2D eigenvalue weighted by molar-refractivity contribution is 0.0603. The maximum atomic E-state index is 9.90. The number of aromatic nitrogens is 2. The Balaban J connectivity index is 1.94. The first-order chi connectivity index (χ1) is 8.59. The highest BCUT2D eigenvalue weighted by molar-refractivity contribution is 6.29. The normalized spacial score (nSPS) is 26.2. The van der Waals surface area contributed by atoms with E-state index in [1.54, 1.807) is 0 Å². The van der Waals surface area contributed by atoms with E-state index < -0.39 is 0 Å². The van der Waals surface area contributed by atoms with E-state index in [1.807, 2.05) is 13.0 Å². The number of aryl methyl sites for hydroxylation is 1. The van der Waals surface area contributed by atoms with Gasteiger partial charge in [-0.15, -0.1) is 0 Å². The summed E-state index contributed by atoms with van der Waals surface area (Å²) >= 11 is 6.03. The van der Waals surface area contributed by atoms with Crippen LogP contribution in [0, 0.1) is 6.92 Å². The lowest BCUT2D eigenvalue weighted by Gasteiger charge is -2.55. The van der Waals surface area contributed by atoms with Crippen molar-refractivity contribution >= 4 is 17.4 Å². The van der Waals surface area contributed by atoms with Gasteiger partial charge in [0.15, 0.2) is 0 Å². The van der Waals surface area contributed by atoms with Gasteiger partial charge in [-0.05, 0) is 39.0 Å². The molecule has 1 aliphatic carbocycles. The topological polar surface area (TPSA) is 49.2 Å². The zero-order valence-electron chi connectivity index (χ0n) is 10.6. The number of nitrogens with zero attached hydrogens (tertiary/aromatic N) is 3. The monoisotopic (exact) mass is 267 g/mol. The van der Waals surface area contributed by atoms with E-state index in [1.165, 1.54) is 6.42 Å². The Hall–Kier alpha value is -0.870. The predicted molar refractivity (Wildman–Crippen MR) is 70.9 cm³/mol. The molecular weight excluding hydrogens is 250 g/mol. The molecule has 1 saturated carbocycles. The Morgan fingerprint density at radius 1 is 1.44 bits per heavy atom. The zero-order valence-corrected chi connectivity index (χ0v) is 11.3. The van der Waals surface area contributed by atoms with E-state index in [9.17, 15) is 5.11 Å². The summed E-state index contributed by atoms with van der Waals surface area (Å²) in [5.74, 6) is 1.62. The van der Waals surface area contributed by atoms with Crippen molar-refractivity contribution < 1.29 is 5.11 Å². The van der Waals surface area contributed by atoms with E-state index in [4.69, 9.17) is 11.6 Å². The van der Waals surface area contributed by atoms with E-state index in [0.717, 1.165) is 38.0 Å². The summed E-state index contributed by atoms with van der Waals surface area (Å²) in [5, 5.41) is 10.4. The molecule has 1 atom stereocenters. The van der Waals surface area contributed by atoms with Crippen molar-refractivity contribution in [2.75, 3.05) is 11.4 Å². The molecule has 98 valence electrons. The molecular formula is C13H18ClN3O. The summed E-state index contributed by atoms with van der Waals surface area (Å²) in [6.45, 7) is 2.72. The minimum atomic E-state index is -0.167. The largest absolute Gasteiger partial charge is 0.393 e. The molecule has 1 spiro atoms. The average Bonchev–Trinajstić information content (AvgIpc) is 2.25. The van der Waals surface area contributed by atoms with Crippen LogP contribution in [-0.2, 0) is 0 Å². The second-order valence-corrected chi connectivity index (χ2v) is 5.86. The van der Waals surface area contributed by atoms with Crippen LogP contribution in [0.25, 0.3) is 0 Å². The standard InChI is InChI=1S/C13H18ClN3O/c1-9-15-11(14)7-12(16-9)17-6-3-10(18)8-13(17)4-2-5-13/h7,10,18H,2-6,8H2,1H3. The van der Waals surface area contributed by atoms with Crippen LogP contribution in [0.4, 0.5) is 5.82 Å². The second kappa shape index (κ2) is 4.35. The zero-order chi connectivity index (χ0) is 12.8. The molecule has 1 N–H and O–H groups in total. The quantitative estimate of drug-likeness (QED) is 0.794. The maximum Gasteiger partial charge on any atom is 0.134 e. The third kappa shape index (κ3) is 1.97. The molecule has 2 fully saturated rings. The molecule has 1 unspecified atom stereocenters. The first-order valence-corrected chi connectivity index (χ1v) is 6.94. The molecule has 0 amide bonds. The van der Waals surface area contributed by atoms with Crippen molar-refractivity contribution in [3.8, 4) is 0 Å². The second-order valence-electron chi connectivity index (χ2n) is 5.47. The maximum absolute atomic E-state index is 9.90. The fourth-order valence-corrected chi connectivity index (χ4v) is 3.46. The van der Waals surface area contributed by atoms with Crippen LogP contribution in [-0.4, -0.2) is 33.3 Å². The minimum Gasteiger partial charge on any atom is -0.393 e. The van der Waals surface area contributed by atoms with E-state index in [0.29, 0.717) is 11.0 Å². The first kappa shape index (κ1) is 12.2. The summed E-state index contributed by atoms with van der Waals surface area (Å²) < 4.78 is 0. The van der Waals surface area contributed by atoms with Crippen LogP contribution in [0.15, 0.2) is 6.07 Å². The van der Waals surface area contributed by atoms with Gasteiger partial charge in [-0.3, -0.25) is 0 Å². The molecule has 1 aliphatic heterocycles. The number of hydrogen-bond donors (Lipinski definition) is 1. The smallest absolute Gasteiger partial charge is 0.134 e. The number of halogens is 1. The molecule has 5 heteroatoms. The molecule has 18 heavy (non-hydrogen) atoms. The van der Waals surface area contributed by atoms with Crippen LogP contribution in [0.5, 0.6) is 0 Å². The van der Waals surface area contributed by atoms with Crippen molar-refractivity contribution in [3.05, 3.63) is 17.0 Å². The number of aliphatic hydroxyl groups is 1. The molecule has 3 rings (SSSR count). The van der Waals surface area contributed by atoms with E-state index >= 15 is 0 Å². The van der Waals surface area contributed by atoms with Gasteiger partial charge in [-0.2, -0.15) is 0 Å². The Kier molecular flexibility index (Phi) is 2.94. The fraction of sp³-hybridized carbons (Fsp3) is 0.692. The Morgan fingerprint density at radius 3 is 2.83 bits per heavy atom. The van der Waals surface area contributed by atoms with Gasteiger partial charge in [0, 0.05) is 18.2 Å². The molecule has 1 aromatic rings. The first-order valence-electron chi connectivity index (χ1n) is 6.56. The van der Waals surface area contributed by atoms with Crippen LogP contribution in [0.3, 0.4) is 0 Å². The minimum absolute atomic E-state index is 0.113. The lowest BCUT2D eigenvalue weighted by atomic mass is 9.69. The average molecular weight is 268 g/mol. The SMILES string of the molecule is Cc1nc(Cl)cc(N2CCC(O)CC23CCC3)n1. The van der Waals surface area contributed by atoms with Crippen molar-refractivity contribution in [2.24, 2.45) is 0 Å². The number of rotatable bonds is 1. The van der Waals surface area contributed by atoms with E-state index in [-0.39, 0.29) is 11.6 Å². The molecule has 4 nitrogen and oxygen atoms in total. The lowest BCUT2D eigenvalue weighted by Crippen LogP contribution is -2.59. The highest BCUT2D eigenvalue weighted by Gasteiger charge is 2.47. The summed E-state index contributed by atoms with van der Waals surface area (Å²) in [7, 11) is 0. The molecule has 2 aliphatic rings. The van der Waals surface area contributed by atoms with Gasteiger partial charge in [0.1, 0.15) is 16.8 Å². The molecule has 0 bridgehead atoms. The van der Waals surface area contributed by atoms with Gasteiger partial charge in [0.05, 0.1) is 6.10 Å². The van der Waals surface area contributed by atoms with Crippen molar-refractivity contribution in [2.45, 2.75) is 50.7 Å². The summed E-state index contributed by atoms with van der Waals surface area (Å²) in [5.41, 5.74) is 0.113. The molecule has 0 aromatic carbocycles. The van der Waals surface area contributed by atoms with Crippen LogP contribution >= 0.6 is 11.6 Å². The van der Waals surface area contributed by atoms with Gasteiger partial charge in [-0.25, -0.2) is 9.97 Å². The van der Waals surface area contributed by atoms with E-state index in [2.05, 4.69) is 14.9 Å². The summed E-state index contributed by atoms with van der Waals surface area (Å²) in [6.07, 6.45) is 5.02. The van der Waals surface area contributed by atoms with Crippen LogP contribution in [0.2, 0.25) is 5.15 Å². The highest BCUT2D eigenvalue weighted by atomic mass is 35.5. The molecule has 0 radical (unpaired) electrons. The van der Waals surface area contributed by atoms with Gasteiger partial charge in [-0.1, -0.05) is 11.6 Å². The Labute approximate surface area is 112 Å². The number of hydrogen-bond acceptors (Lipinski definition) is 4. The Bertz CT molecular complexity index is 441. The summed E-state index contributed by atoms with van der Waals surface area (Å²) in [4.78, 5) is 11.0. The van der Waals surface area contributed by atoms with Gasteiger partial charge < -0.3 is 10.0 Å². The molecule has 2 heterocycles. The summed E-state index contributed by atoms with van der Waals surface area (Å²) in [6, 6.07) is 1.84. The third-order valence-electron chi connectivity index (χ3n) is 4.23. The van der Waals surface area contributed by atoms with Crippen LogP contribution in [0.1, 0.15) is 37.9 Å². The van der Waals surface area contributed by atoms with Gasteiger partial charge in [0.25, 0.3) is 0 Å². The van der Waals surface area contributed by atoms with Gasteiger partial charge >= 0.3 is 0 Å². The van der Waals surface area contributed by atoms with Crippen molar-refractivity contribution in [3.63, 3.8) is 0 Å². The number of aliphatic hydroxyl groups excluding tert-OH is 1. The predicted octanol–water partition coefficient (Wildman–Crippen LogP) is 2.32. The molecule has 1 aromatic heterocycles. The van der Waals surface area contributed by atoms with Crippen molar-refractivity contribution in [1.29, 1.82) is 0 Å². The third-order valence-corrected chi connectivity index (χ3v) is 4.42. The number of piperidine rings is 1.